The molecule has 139 heavy (non-hydrogen) atoms. The van der Waals surface area contributed by atoms with E-state index in [2.05, 4.69) is 102 Å². The number of nitriles is 2. The Morgan fingerprint density at radius 2 is 0.863 bits per heavy atom. The zero-order valence-electron chi connectivity index (χ0n) is 77.9. The van der Waals surface area contributed by atoms with Gasteiger partial charge in [0.15, 0.2) is 16.9 Å². The van der Waals surface area contributed by atoms with E-state index in [9.17, 15) is 61.2 Å². The van der Waals surface area contributed by atoms with Crippen LogP contribution in [0.1, 0.15) is 95.5 Å². The highest BCUT2D eigenvalue weighted by Gasteiger charge is 2.54. The summed E-state index contributed by atoms with van der Waals surface area (Å²) in [6, 6.07) is 23.1. The minimum absolute atomic E-state index is 0. The van der Waals surface area contributed by atoms with E-state index in [-0.39, 0.29) is 125 Å². The second-order valence-corrected chi connectivity index (χ2v) is 39.7. The molecule has 0 aliphatic carbocycles. The minimum Gasteiger partial charge on any atom is -0.364 e. The quantitative estimate of drug-likeness (QED) is 0.0440. The zero-order chi connectivity index (χ0) is 96.0. The number of fused-ring (bicyclic) bond motifs is 9. The van der Waals surface area contributed by atoms with E-state index in [1.807, 2.05) is 105 Å². The van der Waals surface area contributed by atoms with Gasteiger partial charge in [-0.15, -0.1) is 15.3 Å². The van der Waals surface area contributed by atoms with Crippen molar-refractivity contribution < 1.29 is 50.7 Å². The van der Waals surface area contributed by atoms with E-state index in [1.54, 1.807) is 98.8 Å². The number of thioether (sulfide) groups is 1. The van der Waals surface area contributed by atoms with Crippen LogP contribution >= 0.6 is 11.8 Å². The summed E-state index contributed by atoms with van der Waals surface area (Å²) >= 11 is 1.83. The molecule has 11 fully saturated rings. The van der Waals surface area contributed by atoms with Crippen LogP contribution in [0.4, 0.5) is 83.5 Å². The van der Waals surface area contributed by atoms with E-state index in [0.29, 0.717) is 122 Å². The molecule has 20 heterocycles. The number of piperidine rings is 1. The van der Waals surface area contributed by atoms with Crippen molar-refractivity contribution in [2.24, 2.45) is 17.3 Å². The molecule has 6 bridgehead atoms. The van der Waals surface area contributed by atoms with E-state index < -0.39 is 29.3 Å². The largest absolute Gasteiger partial charge is 0.395 e. The van der Waals surface area contributed by atoms with Crippen LogP contribution in [-0.2, 0) is 34.0 Å². The van der Waals surface area contributed by atoms with Gasteiger partial charge in [0.1, 0.15) is 19.6 Å². The van der Waals surface area contributed by atoms with Crippen molar-refractivity contribution in [3.8, 4) is 12.1 Å². The number of amides is 8. The Labute approximate surface area is 805 Å². The SMILES string of the molecule is C.CC(C)(C#N)CNC1CCN(C(=O)Cn2cc(Nc3nc4c(N5CC6CCC(C5)N6C(=O)N5CC(C(C)(F)F)C5)cccn4n3)cn2)CC1.CN1CCN(C(=O)Cn2cc(Nc3nc4c(N5CC6CCC(C5)N6C(=O)c5cccc(C#N)c5)cccn4n3)cn2)CC1.CSCCN1CCN(C(=O)Cn2cc(Nc3nc4c(N5CC6CCC(C5)N6C(=O)N5CC(C(F)(F)F)C5)cccn4n3)cn2)CC1. The lowest BCUT2D eigenvalue weighted by Gasteiger charge is -2.48. The van der Waals surface area contributed by atoms with Crippen molar-refractivity contribution in [2.45, 2.75) is 154 Å². The number of hydrogen-bond acceptors (Lipinski definition) is 27. The molecule has 46 heteroatoms. The van der Waals surface area contributed by atoms with Gasteiger partial charge >= 0.3 is 18.2 Å². The van der Waals surface area contributed by atoms with Crippen LogP contribution in [0.2, 0.25) is 0 Å². The predicted octanol–water partition coefficient (Wildman–Crippen LogP) is 8.05. The lowest BCUT2D eigenvalue weighted by atomic mass is 9.94. The molecule has 11 aliphatic rings. The number of likely N-dealkylation sites (N-methyl/N-ethyl adjacent to an activating group) is 1. The third-order valence-corrected chi connectivity index (χ3v) is 29.2. The number of aromatic nitrogens is 15. The number of rotatable bonds is 23. The van der Waals surface area contributed by atoms with Crippen LogP contribution in [-0.4, -0.2) is 375 Å². The van der Waals surface area contributed by atoms with E-state index in [0.717, 1.165) is 146 Å². The maximum Gasteiger partial charge on any atom is 0.395 e. The first-order valence-electron chi connectivity index (χ1n) is 47.5. The number of anilines is 9. The van der Waals surface area contributed by atoms with Crippen molar-refractivity contribution in [1.82, 2.24) is 127 Å². The molecule has 11 aliphatic heterocycles. The molecular formula is C93H119F5N34O6S. The minimum atomic E-state index is -4.26. The van der Waals surface area contributed by atoms with E-state index >= 15 is 0 Å². The summed E-state index contributed by atoms with van der Waals surface area (Å²) in [6.45, 7) is 18.2. The first-order chi connectivity index (χ1) is 66.5. The molecule has 0 radical (unpaired) electrons. The Balaban J connectivity index is 0.000000138. The summed E-state index contributed by atoms with van der Waals surface area (Å²) in [4.78, 5) is 118. The Morgan fingerprint density at radius 1 is 0.475 bits per heavy atom. The van der Waals surface area contributed by atoms with Gasteiger partial charge in [-0.3, -0.25) is 38.1 Å². The van der Waals surface area contributed by atoms with Crippen molar-refractivity contribution in [3.05, 3.63) is 128 Å². The number of piperazine rings is 5. The molecular weight excluding hydrogens is 1820 g/mol. The number of alkyl halides is 5. The average molecular weight is 1940 g/mol. The van der Waals surface area contributed by atoms with Gasteiger partial charge in [-0.25, -0.2) is 31.9 Å². The number of urea groups is 2. The first-order valence-corrected chi connectivity index (χ1v) is 48.9. The Morgan fingerprint density at radius 3 is 1.24 bits per heavy atom. The number of hydrogen-bond donors (Lipinski definition) is 4. The highest BCUT2D eigenvalue weighted by Crippen LogP contribution is 2.43. The van der Waals surface area contributed by atoms with Gasteiger partial charge in [-0.1, -0.05) is 13.5 Å². The van der Waals surface area contributed by atoms with Gasteiger partial charge < -0.3 is 80.1 Å². The lowest BCUT2D eigenvalue weighted by Crippen LogP contribution is -2.64. The highest BCUT2D eigenvalue weighted by atomic mass is 32.2. The first kappa shape index (κ1) is 96.1. The number of carbonyl (C=O) groups excluding carboxylic acids is 6. The highest BCUT2D eigenvalue weighted by molar-refractivity contribution is 7.98. The van der Waals surface area contributed by atoms with Crippen LogP contribution in [0.5, 0.6) is 0 Å². The molecule has 738 valence electrons. The van der Waals surface area contributed by atoms with Gasteiger partial charge in [0.25, 0.3) is 11.8 Å². The second-order valence-electron chi connectivity index (χ2n) is 38.7. The third-order valence-electron chi connectivity index (χ3n) is 28.6. The number of pyridine rings is 3. The summed E-state index contributed by atoms with van der Waals surface area (Å²) in [5.74, 6) is -2.57. The summed E-state index contributed by atoms with van der Waals surface area (Å²) in [5, 5.41) is 58.5. The number of halogens is 5. The van der Waals surface area contributed by atoms with E-state index in [1.165, 1.54) is 4.90 Å². The fraction of sp³-hybridized carbons (Fsp3) is 0.559. The molecule has 6 atom stereocenters. The van der Waals surface area contributed by atoms with Crippen LogP contribution < -0.4 is 36.0 Å². The van der Waals surface area contributed by atoms with Gasteiger partial charge in [0.2, 0.25) is 35.6 Å². The molecule has 10 aromatic rings. The normalized spacial score (nSPS) is 21.5. The molecule has 8 amide bonds. The standard InChI is InChI=1S/C33H44F2N12O2.C30H33N11O2.C29H38F3N11O2S.CH4/c1-32(2,20-36)21-37-23-8-11-42(12-9-23)28(48)19-45-16-24(13-38-45)39-30-40-29-27(5-4-10-46(29)41-30)43-17-25-6-7-26(18-43)47(25)31(49)44-14-22(15-44)33(3,34)35;1-36-10-12-37(13-11-36)27(42)20-39-17-23(16-32-39)33-30-34-28-26(6-3-9-40(28)35-30)38-18-24-7-8-25(19-38)41(24)29(43)22-5-2-4-21(14-22)15-31;1-46-12-11-37-7-9-38(10-8-37)25(44)19-41-16-21(13-33-41)34-27-35-26-24(3-2-6-42(26)36-27)39-17-22-4-5-23(18-39)43(22)28(45)40-14-20(15-40)29(30,31)32;/h4-5,10,13,16,22-23,25-26,37H,6-9,11-12,14-15,17-19,21H2,1-3H3,(H,39,41);2-6,9,14,16-17,24-25H,7-8,10-13,18-20H2,1H3,(H,33,35);2-3,6,13,16,20,22-23H,4-5,7-12,14-15,17-19H2,1H3,(H,34,36);1H4. The summed E-state index contributed by atoms with van der Waals surface area (Å²) in [7, 11) is 2.07. The van der Waals surface area contributed by atoms with Gasteiger partial charge in [0.05, 0.1) is 112 Å². The summed E-state index contributed by atoms with van der Waals surface area (Å²) < 4.78 is 76.3. The molecule has 4 N–H and O–H groups in total. The van der Waals surface area contributed by atoms with Crippen molar-refractivity contribution >= 4 is 116 Å². The average Bonchev–Trinajstić information content (AvgIpc) is 1.67. The summed E-state index contributed by atoms with van der Waals surface area (Å²) in [5.41, 5.74) is 7.47. The predicted molar refractivity (Wildman–Crippen MR) is 510 cm³/mol. The van der Waals surface area contributed by atoms with Crippen molar-refractivity contribution in [2.75, 3.05) is 194 Å². The van der Waals surface area contributed by atoms with Crippen LogP contribution in [0.15, 0.2) is 116 Å². The molecule has 0 saturated carbocycles. The van der Waals surface area contributed by atoms with Crippen LogP contribution in [0.3, 0.4) is 0 Å². The number of nitrogens with zero attached hydrogens (tertiary/aromatic N) is 30. The monoisotopic (exact) mass is 1930 g/mol. The van der Waals surface area contributed by atoms with Gasteiger partial charge in [-0.05, 0) is 140 Å². The zero-order valence-corrected chi connectivity index (χ0v) is 78.7. The molecule has 40 nitrogen and oxygen atoms in total. The molecule has 9 aromatic heterocycles. The number of carbonyl (C=O) groups is 6. The van der Waals surface area contributed by atoms with Crippen molar-refractivity contribution in [1.29, 1.82) is 10.5 Å². The Kier molecular flexibility index (Phi) is 27.9. The lowest BCUT2D eigenvalue weighted by molar-refractivity contribution is -0.203. The maximum atomic E-state index is 13.7. The van der Waals surface area contributed by atoms with E-state index in [4.69, 9.17) is 15.0 Å². The Bertz CT molecular complexity index is 6140. The molecule has 11 saturated heterocycles. The fourth-order valence-electron chi connectivity index (χ4n) is 20.7. The molecule has 0 spiro atoms. The molecule has 21 rings (SSSR count). The maximum absolute atomic E-state index is 13.7. The number of benzene rings is 1. The third kappa shape index (κ3) is 21.2. The fourth-order valence-corrected chi connectivity index (χ4v) is 21.2. The number of likely N-dealkylation sites (tertiary alicyclic amines) is 3. The smallest absolute Gasteiger partial charge is 0.364 e. The Hall–Kier alpha value is -13.2. The molecule has 1 aromatic carbocycles. The van der Waals surface area contributed by atoms with Crippen LogP contribution in [0, 0.1) is 39.9 Å². The van der Waals surface area contributed by atoms with Gasteiger partial charge in [-0.2, -0.15) is 65.7 Å². The van der Waals surface area contributed by atoms with Gasteiger partial charge in [0, 0.05) is 211 Å². The van der Waals surface area contributed by atoms with Crippen LogP contribution in [0.25, 0.3) is 16.9 Å². The topological polar surface area (TPSA) is 384 Å². The van der Waals surface area contributed by atoms with Crippen molar-refractivity contribution in [3.63, 3.8) is 0 Å². The second kappa shape index (κ2) is 40.3. The summed E-state index contributed by atoms with van der Waals surface area (Å²) in [6.07, 6.45) is 20.6. The number of nitrogens with one attached hydrogen (secondary N) is 4. The molecule has 6 unspecified atom stereocenters.